The minimum Gasteiger partial charge on any atom is -0.497 e. The summed E-state index contributed by atoms with van der Waals surface area (Å²) in [5.41, 5.74) is 2.89. The Balaban J connectivity index is 1.92. The van der Waals surface area contributed by atoms with Crippen molar-refractivity contribution in [2.45, 2.75) is 11.8 Å². The third-order valence-corrected chi connectivity index (χ3v) is 7.21. The van der Waals surface area contributed by atoms with Crippen LogP contribution >= 0.6 is 0 Å². The molecule has 13 heteroatoms. The maximum atomic E-state index is 13.6. The van der Waals surface area contributed by atoms with Crippen LogP contribution in [-0.2, 0) is 14.8 Å². The average Bonchev–Trinajstić information content (AvgIpc) is 2.91. The van der Waals surface area contributed by atoms with Crippen molar-refractivity contribution in [2.75, 3.05) is 32.2 Å². The fourth-order valence-electron chi connectivity index (χ4n) is 3.42. The van der Waals surface area contributed by atoms with E-state index in [1.54, 1.807) is 18.2 Å². The largest absolute Gasteiger partial charge is 0.497 e. The van der Waals surface area contributed by atoms with E-state index in [2.05, 4.69) is 10.5 Å². The van der Waals surface area contributed by atoms with Crippen molar-refractivity contribution in [3.05, 3.63) is 81.9 Å². The minimum absolute atomic E-state index is 0.141. The summed E-state index contributed by atoms with van der Waals surface area (Å²) in [6.45, 7) is 0.835. The average molecular weight is 543 g/mol. The van der Waals surface area contributed by atoms with Gasteiger partial charge in [0.15, 0.2) is 0 Å². The van der Waals surface area contributed by atoms with Crippen LogP contribution in [0.25, 0.3) is 0 Å². The molecule has 12 nitrogen and oxygen atoms in total. The van der Waals surface area contributed by atoms with E-state index in [9.17, 15) is 23.3 Å². The van der Waals surface area contributed by atoms with Gasteiger partial charge in [-0.05, 0) is 55.5 Å². The number of hydrogen-bond acceptors (Lipinski definition) is 9. The summed E-state index contributed by atoms with van der Waals surface area (Å²) in [6, 6.07) is 14.5. The zero-order valence-electron chi connectivity index (χ0n) is 21.1. The molecule has 0 spiro atoms. The minimum atomic E-state index is -4.40. The van der Waals surface area contributed by atoms with E-state index in [0.717, 1.165) is 10.4 Å². The molecule has 3 aromatic carbocycles. The normalized spacial score (nSPS) is 11.2. The summed E-state index contributed by atoms with van der Waals surface area (Å²) in [5.74, 6) is 0.734. The van der Waals surface area contributed by atoms with E-state index >= 15 is 0 Å². The highest BCUT2D eigenvalue weighted by Crippen LogP contribution is 2.29. The van der Waals surface area contributed by atoms with Crippen molar-refractivity contribution in [1.82, 2.24) is 5.43 Å². The molecule has 0 aliphatic rings. The Hall–Kier alpha value is -4.65. The van der Waals surface area contributed by atoms with Gasteiger partial charge >= 0.3 is 0 Å². The number of methoxy groups -OCH3 is 3. The number of aryl methyl sites for hydroxylation is 1. The predicted molar refractivity (Wildman–Crippen MR) is 141 cm³/mol. The van der Waals surface area contributed by atoms with Gasteiger partial charge in [-0.25, -0.2) is 13.8 Å². The zero-order chi connectivity index (χ0) is 27.9. The molecule has 0 aromatic heterocycles. The molecule has 0 aliphatic carbocycles. The smallest absolute Gasteiger partial charge is 0.273 e. The molecule has 0 heterocycles. The van der Waals surface area contributed by atoms with Crippen LogP contribution in [0.1, 0.15) is 11.1 Å². The summed E-state index contributed by atoms with van der Waals surface area (Å²) in [4.78, 5) is 23.2. The number of nitro groups is 1. The van der Waals surface area contributed by atoms with Crippen molar-refractivity contribution >= 4 is 33.5 Å². The molecule has 0 aliphatic heterocycles. The van der Waals surface area contributed by atoms with Gasteiger partial charge in [-0.15, -0.1) is 0 Å². The van der Waals surface area contributed by atoms with Crippen molar-refractivity contribution in [1.29, 1.82) is 0 Å². The van der Waals surface area contributed by atoms with E-state index < -0.39 is 27.4 Å². The molecule has 0 unspecified atom stereocenters. The van der Waals surface area contributed by atoms with Gasteiger partial charge in [0.1, 0.15) is 23.8 Å². The Morgan fingerprint density at radius 1 is 1.00 bits per heavy atom. The van der Waals surface area contributed by atoms with E-state index in [-0.39, 0.29) is 16.3 Å². The molecule has 0 saturated heterocycles. The first-order valence-corrected chi connectivity index (χ1v) is 12.5. The summed E-state index contributed by atoms with van der Waals surface area (Å²) in [7, 11) is 0.0348. The number of anilines is 1. The molecule has 0 fully saturated rings. The number of amides is 1. The van der Waals surface area contributed by atoms with Crippen LogP contribution < -0.4 is 23.9 Å². The van der Waals surface area contributed by atoms with E-state index in [1.165, 1.54) is 70.9 Å². The molecular formula is C25H26N4O8S. The van der Waals surface area contributed by atoms with Crippen molar-refractivity contribution < 1.29 is 32.3 Å². The second-order valence-electron chi connectivity index (χ2n) is 7.82. The van der Waals surface area contributed by atoms with Crippen LogP contribution in [0.4, 0.5) is 11.4 Å². The lowest BCUT2D eigenvalue weighted by Gasteiger charge is -2.24. The van der Waals surface area contributed by atoms with Gasteiger partial charge in [-0.3, -0.25) is 19.2 Å². The quantitative estimate of drug-likeness (QED) is 0.220. The molecule has 0 saturated carbocycles. The summed E-state index contributed by atoms with van der Waals surface area (Å²) in [6.07, 6.45) is 1.33. The van der Waals surface area contributed by atoms with Crippen molar-refractivity contribution in [3.8, 4) is 17.2 Å². The second-order valence-corrected chi connectivity index (χ2v) is 9.68. The van der Waals surface area contributed by atoms with E-state index in [4.69, 9.17) is 14.2 Å². The lowest BCUT2D eigenvalue weighted by Crippen LogP contribution is -2.39. The van der Waals surface area contributed by atoms with Gasteiger partial charge in [0.2, 0.25) is 0 Å². The number of hydrogen-bond donors (Lipinski definition) is 1. The maximum Gasteiger partial charge on any atom is 0.273 e. The molecule has 1 N–H and O–H groups in total. The molecule has 0 atom stereocenters. The van der Waals surface area contributed by atoms with Crippen LogP contribution in [0, 0.1) is 17.0 Å². The number of hydrazone groups is 1. The van der Waals surface area contributed by atoms with Gasteiger partial charge in [0.25, 0.3) is 21.6 Å². The monoisotopic (exact) mass is 542 g/mol. The molecule has 3 rings (SSSR count). The van der Waals surface area contributed by atoms with Gasteiger partial charge in [-0.1, -0.05) is 6.07 Å². The van der Waals surface area contributed by atoms with E-state index in [0.29, 0.717) is 28.4 Å². The van der Waals surface area contributed by atoms with Crippen LogP contribution in [0.3, 0.4) is 0 Å². The SMILES string of the molecule is COc1ccc(N(CC(=O)N/N=C\c2cc(OC)ccc2OC)S(=O)(=O)c2ccc(C)c([N+](=O)[O-])c2)cc1. The fraction of sp³-hybridized carbons (Fsp3) is 0.200. The Labute approximate surface area is 219 Å². The number of carbonyl (C=O) groups excluding carboxylic acids is 1. The number of carbonyl (C=O) groups is 1. The summed E-state index contributed by atoms with van der Waals surface area (Å²) in [5, 5.41) is 15.3. The number of sulfonamides is 1. The Bertz CT molecular complexity index is 1460. The summed E-state index contributed by atoms with van der Waals surface area (Å²) >= 11 is 0. The van der Waals surface area contributed by atoms with Crippen LogP contribution in [-0.4, -0.2) is 53.3 Å². The first kappa shape index (κ1) is 27.9. The highest BCUT2D eigenvalue weighted by molar-refractivity contribution is 7.92. The number of nitro benzene ring substituents is 1. The third-order valence-electron chi connectivity index (χ3n) is 5.44. The first-order chi connectivity index (χ1) is 18.1. The highest BCUT2D eigenvalue weighted by Gasteiger charge is 2.29. The number of ether oxygens (including phenoxy) is 3. The van der Waals surface area contributed by atoms with Crippen LogP contribution in [0.15, 0.2) is 70.7 Å². The lowest BCUT2D eigenvalue weighted by molar-refractivity contribution is -0.385. The first-order valence-electron chi connectivity index (χ1n) is 11.1. The van der Waals surface area contributed by atoms with Crippen molar-refractivity contribution in [3.63, 3.8) is 0 Å². The molecule has 0 radical (unpaired) electrons. The fourth-order valence-corrected chi connectivity index (χ4v) is 4.86. The van der Waals surface area contributed by atoms with E-state index in [1.807, 2.05) is 0 Å². The number of benzene rings is 3. The molecule has 3 aromatic rings. The molecule has 38 heavy (non-hydrogen) atoms. The van der Waals surface area contributed by atoms with Gasteiger partial charge in [-0.2, -0.15) is 5.10 Å². The number of nitrogens with zero attached hydrogens (tertiary/aromatic N) is 3. The summed E-state index contributed by atoms with van der Waals surface area (Å²) < 4.78 is 43.6. The van der Waals surface area contributed by atoms with Gasteiger partial charge in [0, 0.05) is 17.2 Å². The maximum absolute atomic E-state index is 13.6. The molecular weight excluding hydrogens is 516 g/mol. The number of nitrogens with one attached hydrogen (secondary N) is 1. The Morgan fingerprint density at radius 2 is 1.66 bits per heavy atom. The Morgan fingerprint density at radius 3 is 2.26 bits per heavy atom. The highest BCUT2D eigenvalue weighted by atomic mass is 32.2. The number of rotatable bonds is 11. The molecule has 0 bridgehead atoms. The van der Waals surface area contributed by atoms with Crippen LogP contribution in [0.5, 0.6) is 17.2 Å². The second kappa shape index (κ2) is 12.1. The lowest BCUT2D eigenvalue weighted by atomic mass is 10.2. The van der Waals surface area contributed by atoms with Gasteiger partial charge < -0.3 is 14.2 Å². The molecule has 200 valence electrons. The Kier molecular flexibility index (Phi) is 8.86. The predicted octanol–water partition coefficient (Wildman–Crippen LogP) is 3.27. The van der Waals surface area contributed by atoms with Gasteiger partial charge in [0.05, 0.1) is 43.1 Å². The zero-order valence-corrected chi connectivity index (χ0v) is 21.9. The van der Waals surface area contributed by atoms with Crippen LogP contribution in [0.2, 0.25) is 0 Å². The molecule has 1 amide bonds. The standard InChI is InChI=1S/C25H26N4O8S/c1-17-5-11-22(14-23(17)29(31)32)38(33,34)28(19-6-8-20(35-2)9-7-19)16-25(30)27-26-15-18-13-21(36-3)10-12-24(18)37-4/h5-15H,16H2,1-4H3,(H,27,30)/b26-15-. The topological polar surface area (TPSA) is 150 Å². The van der Waals surface area contributed by atoms with Crippen molar-refractivity contribution in [2.24, 2.45) is 5.10 Å². The third kappa shape index (κ3) is 6.37.